The number of carbonyl (C=O) groups is 1. The van der Waals surface area contributed by atoms with Crippen LogP contribution in [-0.4, -0.2) is 32.7 Å². The maximum atomic E-state index is 12.9. The van der Waals surface area contributed by atoms with Crippen LogP contribution in [0.2, 0.25) is 5.02 Å². The predicted molar refractivity (Wildman–Crippen MR) is 80.2 cm³/mol. The molecule has 0 aliphatic heterocycles. The van der Waals surface area contributed by atoms with Crippen LogP contribution in [-0.2, 0) is 21.2 Å². The lowest BCUT2D eigenvalue weighted by Crippen LogP contribution is -2.54. The van der Waals surface area contributed by atoms with Gasteiger partial charge in [0.15, 0.2) is 0 Å². The molecule has 118 valence electrons. The van der Waals surface area contributed by atoms with Gasteiger partial charge in [-0.25, -0.2) is 17.5 Å². The van der Waals surface area contributed by atoms with Gasteiger partial charge in [-0.3, -0.25) is 4.79 Å². The summed E-state index contributed by atoms with van der Waals surface area (Å²) in [5.74, 6) is -0.877. The minimum Gasteiger partial charge on any atom is -0.354 e. The fourth-order valence-corrected chi connectivity index (χ4v) is 3.05. The number of carbonyl (C=O) groups excluding carboxylic acids is 1. The van der Waals surface area contributed by atoms with Gasteiger partial charge in [0.25, 0.3) is 0 Å². The number of hydrogen-bond acceptors (Lipinski definition) is 3. The number of sulfonamides is 1. The Kier molecular flexibility index (Phi) is 5.72. The van der Waals surface area contributed by atoms with Gasteiger partial charge in [0, 0.05) is 11.6 Å². The summed E-state index contributed by atoms with van der Waals surface area (Å²) in [6, 6.07) is 4.04. The van der Waals surface area contributed by atoms with Crippen molar-refractivity contribution in [3.63, 3.8) is 0 Å². The summed E-state index contributed by atoms with van der Waals surface area (Å²) in [5, 5.41) is 2.91. The molecule has 0 aliphatic carbocycles. The van der Waals surface area contributed by atoms with Crippen molar-refractivity contribution in [3.8, 4) is 0 Å². The molecular weight excluding hydrogens is 319 g/mol. The molecule has 1 rings (SSSR count). The highest BCUT2D eigenvalue weighted by molar-refractivity contribution is 7.88. The van der Waals surface area contributed by atoms with Crippen LogP contribution in [0.3, 0.4) is 0 Å². The predicted octanol–water partition coefficient (Wildman–Crippen LogP) is 1.47. The third kappa shape index (κ3) is 5.99. The second-order valence-electron chi connectivity index (χ2n) is 5.24. The molecular formula is C13H18ClFN2O3S. The number of hydrogen-bond donors (Lipinski definition) is 2. The van der Waals surface area contributed by atoms with Crippen molar-refractivity contribution in [2.24, 2.45) is 0 Å². The van der Waals surface area contributed by atoms with Crippen molar-refractivity contribution in [1.82, 2.24) is 10.0 Å². The zero-order valence-electron chi connectivity index (χ0n) is 12.0. The summed E-state index contributed by atoms with van der Waals surface area (Å²) in [4.78, 5) is 11.9. The molecule has 0 radical (unpaired) electrons. The maximum absolute atomic E-state index is 12.9. The normalized spacial score (nSPS) is 12.2. The second kappa shape index (κ2) is 6.72. The molecule has 2 N–H and O–H groups in total. The summed E-state index contributed by atoms with van der Waals surface area (Å²) in [6.45, 7) is 3.20. The standard InChI is InChI=1S/C13H18ClFN2O3S/c1-13(2,17-21(3,19)20)12(18)16-7-6-9-4-5-10(15)8-11(9)14/h4-5,8,17H,6-7H2,1-3H3,(H,16,18). The molecule has 1 aromatic carbocycles. The molecule has 0 fully saturated rings. The lowest BCUT2D eigenvalue weighted by atomic mass is 10.1. The molecule has 0 saturated carbocycles. The Morgan fingerprint density at radius 2 is 2.00 bits per heavy atom. The average Bonchev–Trinajstić information content (AvgIpc) is 2.28. The third-order valence-corrected chi connectivity index (χ3v) is 3.94. The minimum atomic E-state index is -3.49. The van der Waals surface area contributed by atoms with E-state index in [1.165, 1.54) is 26.0 Å². The average molecular weight is 337 g/mol. The van der Waals surface area contributed by atoms with Crippen molar-refractivity contribution in [1.29, 1.82) is 0 Å². The van der Waals surface area contributed by atoms with E-state index in [4.69, 9.17) is 11.6 Å². The number of amides is 1. The van der Waals surface area contributed by atoms with Crippen molar-refractivity contribution < 1.29 is 17.6 Å². The highest BCUT2D eigenvalue weighted by atomic mass is 35.5. The first kappa shape index (κ1) is 17.9. The van der Waals surface area contributed by atoms with Gasteiger partial charge in [0.1, 0.15) is 11.4 Å². The maximum Gasteiger partial charge on any atom is 0.240 e. The molecule has 5 nitrogen and oxygen atoms in total. The minimum absolute atomic E-state index is 0.263. The summed E-state index contributed by atoms with van der Waals surface area (Å²) in [5.41, 5.74) is -0.549. The van der Waals surface area contributed by atoms with E-state index in [2.05, 4.69) is 10.0 Å². The Labute approximate surface area is 128 Å². The van der Waals surface area contributed by atoms with Crippen molar-refractivity contribution in [3.05, 3.63) is 34.6 Å². The summed E-state index contributed by atoms with van der Waals surface area (Å²) >= 11 is 5.88. The Morgan fingerprint density at radius 1 is 1.38 bits per heavy atom. The van der Waals surface area contributed by atoms with Gasteiger partial charge in [-0.15, -0.1) is 0 Å². The highest BCUT2D eigenvalue weighted by Gasteiger charge is 2.30. The fourth-order valence-electron chi connectivity index (χ4n) is 1.77. The molecule has 0 aliphatic rings. The second-order valence-corrected chi connectivity index (χ2v) is 7.40. The van der Waals surface area contributed by atoms with E-state index in [-0.39, 0.29) is 11.6 Å². The molecule has 0 atom stereocenters. The molecule has 0 heterocycles. The zero-order valence-corrected chi connectivity index (χ0v) is 13.6. The highest BCUT2D eigenvalue weighted by Crippen LogP contribution is 2.17. The number of benzene rings is 1. The van der Waals surface area contributed by atoms with Crippen LogP contribution >= 0.6 is 11.6 Å². The summed E-state index contributed by atoms with van der Waals surface area (Å²) in [7, 11) is -3.49. The molecule has 0 unspecified atom stereocenters. The quantitative estimate of drug-likeness (QED) is 0.826. The van der Waals surface area contributed by atoms with Gasteiger partial charge in [-0.1, -0.05) is 17.7 Å². The van der Waals surface area contributed by atoms with Crippen LogP contribution in [0.25, 0.3) is 0 Å². The van der Waals surface area contributed by atoms with Crippen LogP contribution < -0.4 is 10.0 Å². The molecule has 0 saturated heterocycles. The first-order chi connectivity index (χ1) is 9.51. The van der Waals surface area contributed by atoms with E-state index >= 15 is 0 Å². The van der Waals surface area contributed by atoms with E-state index in [0.717, 1.165) is 6.26 Å². The topological polar surface area (TPSA) is 75.3 Å². The van der Waals surface area contributed by atoms with E-state index in [0.29, 0.717) is 12.0 Å². The lowest BCUT2D eigenvalue weighted by molar-refractivity contribution is -0.125. The molecule has 1 amide bonds. The van der Waals surface area contributed by atoms with Crippen molar-refractivity contribution in [2.45, 2.75) is 25.8 Å². The van der Waals surface area contributed by atoms with Gasteiger partial charge >= 0.3 is 0 Å². The fraction of sp³-hybridized carbons (Fsp3) is 0.462. The van der Waals surface area contributed by atoms with Crippen LogP contribution in [0.15, 0.2) is 18.2 Å². The zero-order chi connectivity index (χ0) is 16.3. The van der Waals surface area contributed by atoms with Crippen molar-refractivity contribution >= 4 is 27.5 Å². The molecule has 0 spiro atoms. The SMILES string of the molecule is CC(C)(NS(C)(=O)=O)C(=O)NCCc1ccc(F)cc1Cl. The summed E-state index contributed by atoms with van der Waals surface area (Å²) in [6.07, 6.45) is 1.40. The van der Waals surface area contributed by atoms with E-state index in [1.54, 1.807) is 6.07 Å². The largest absolute Gasteiger partial charge is 0.354 e. The lowest BCUT2D eigenvalue weighted by Gasteiger charge is -2.23. The Bertz CT molecular complexity index is 632. The van der Waals surface area contributed by atoms with E-state index < -0.39 is 27.3 Å². The first-order valence-corrected chi connectivity index (χ1v) is 8.49. The Hall–Kier alpha value is -1.18. The van der Waals surface area contributed by atoms with Crippen LogP contribution in [0.5, 0.6) is 0 Å². The summed E-state index contributed by atoms with van der Waals surface area (Å²) < 4.78 is 37.5. The monoisotopic (exact) mass is 336 g/mol. The van der Waals surface area contributed by atoms with E-state index in [1.807, 2.05) is 0 Å². The van der Waals surface area contributed by atoms with Gasteiger partial charge in [0.05, 0.1) is 6.26 Å². The van der Waals surface area contributed by atoms with Gasteiger partial charge < -0.3 is 5.32 Å². The smallest absolute Gasteiger partial charge is 0.240 e. The molecule has 21 heavy (non-hydrogen) atoms. The van der Waals surface area contributed by atoms with Crippen LogP contribution in [0.1, 0.15) is 19.4 Å². The molecule has 1 aromatic rings. The third-order valence-electron chi connectivity index (χ3n) is 2.70. The molecule has 0 aromatic heterocycles. The number of nitrogens with one attached hydrogen (secondary N) is 2. The Balaban J connectivity index is 2.57. The van der Waals surface area contributed by atoms with Gasteiger partial charge in [-0.2, -0.15) is 0 Å². The van der Waals surface area contributed by atoms with Gasteiger partial charge in [-0.05, 0) is 38.0 Å². The van der Waals surface area contributed by atoms with Crippen molar-refractivity contribution in [2.75, 3.05) is 12.8 Å². The van der Waals surface area contributed by atoms with Gasteiger partial charge in [0.2, 0.25) is 15.9 Å². The van der Waals surface area contributed by atoms with Crippen LogP contribution in [0, 0.1) is 5.82 Å². The Morgan fingerprint density at radius 3 is 2.52 bits per heavy atom. The first-order valence-electron chi connectivity index (χ1n) is 6.22. The van der Waals surface area contributed by atoms with Crippen LogP contribution in [0.4, 0.5) is 4.39 Å². The molecule has 8 heteroatoms. The number of halogens is 2. The van der Waals surface area contributed by atoms with E-state index in [9.17, 15) is 17.6 Å². The number of rotatable bonds is 6. The molecule has 0 bridgehead atoms.